The zero-order chi connectivity index (χ0) is 18.2. The van der Waals surface area contributed by atoms with E-state index >= 15 is 0 Å². The maximum atomic E-state index is 9.69. The first kappa shape index (κ1) is 22.4. The van der Waals surface area contributed by atoms with Gasteiger partial charge in [0, 0.05) is 12.8 Å². The van der Waals surface area contributed by atoms with Gasteiger partial charge >= 0.3 is 0 Å². The molecule has 3 heteroatoms. The van der Waals surface area contributed by atoms with Crippen molar-refractivity contribution in [1.29, 1.82) is 0 Å². The van der Waals surface area contributed by atoms with Crippen LogP contribution in [0.4, 0.5) is 0 Å². The normalized spacial score (nSPS) is 19.2. The molecule has 0 amide bonds. The van der Waals surface area contributed by atoms with Crippen molar-refractivity contribution in [1.82, 2.24) is 4.90 Å². The van der Waals surface area contributed by atoms with Crippen molar-refractivity contribution in [3.63, 3.8) is 0 Å². The molecule has 1 N–H and O–H groups in total. The molecule has 0 spiro atoms. The molecule has 0 aliphatic carbocycles. The van der Waals surface area contributed by atoms with E-state index in [4.69, 9.17) is 0 Å². The molecule has 0 bridgehead atoms. The molecule has 3 nitrogen and oxygen atoms in total. The van der Waals surface area contributed by atoms with Crippen LogP contribution in [-0.4, -0.2) is 35.2 Å². The van der Waals surface area contributed by atoms with Gasteiger partial charge in [-0.25, -0.2) is 0 Å². The second-order valence-electron chi connectivity index (χ2n) is 7.51. The van der Waals surface area contributed by atoms with Gasteiger partial charge in [0.05, 0.1) is 0 Å². The topological polar surface area (TPSA) is 35.8 Å². The van der Waals surface area contributed by atoms with Gasteiger partial charge < -0.3 is 5.11 Å². The van der Waals surface area contributed by atoms with Crippen molar-refractivity contribution in [3.8, 4) is 0 Å². The highest BCUT2D eigenvalue weighted by atomic mass is 16.3. The Labute approximate surface area is 156 Å². The lowest BCUT2D eigenvalue weighted by Crippen LogP contribution is -2.37. The monoisotopic (exact) mass is 350 g/mol. The third kappa shape index (κ3) is 11.5. The van der Waals surface area contributed by atoms with Crippen LogP contribution in [0.2, 0.25) is 0 Å². The molecule has 0 radical (unpaired) electrons. The minimum Gasteiger partial charge on any atom is -0.379 e. The highest BCUT2D eigenvalue weighted by Gasteiger charge is 2.23. The lowest BCUT2D eigenvalue weighted by atomic mass is 10.1. The molecule has 0 aromatic rings. The number of hydrogen-bond acceptors (Lipinski definition) is 3. The van der Waals surface area contributed by atoms with Gasteiger partial charge in [0.2, 0.25) is 0 Å². The molecule has 0 saturated carbocycles. The van der Waals surface area contributed by atoms with E-state index in [-0.39, 0.29) is 12.4 Å². The Hall–Kier alpha value is -0.670. The Morgan fingerprint density at radius 1 is 0.960 bits per heavy atom. The van der Waals surface area contributed by atoms with Gasteiger partial charge in [-0.1, -0.05) is 70.4 Å². The number of aliphatic hydroxyl groups is 1. The van der Waals surface area contributed by atoms with Crippen molar-refractivity contribution >= 4 is 6.21 Å². The van der Waals surface area contributed by atoms with Crippen molar-refractivity contribution in [2.45, 2.75) is 116 Å². The first-order chi connectivity index (χ1) is 12.3. The van der Waals surface area contributed by atoms with Gasteiger partial charge in [0.1, 0.15) is 12.4 Å². The third-order valence-electron chi connectivity index (χ3n) is 5.16. The maximum absolute atomic E-state index is 9.69. The predicted molar refractivity (Wildman–Crippen MR) is 110 cm³/mol. The van der Waals surface area contributed by atoms with Crippen LogP contribution in [0, 0.1) is 0 Å². The summed E-state index contributed by atoms with van der Waals surface area (Å²) in [7, 11) is 0. The van der Waals surface area contributed by atoms with E-state index in [0.29, 0.717) is 0 Å². The largest absolute Gasteiger partial charge is 0.379 e. The number of nitrogens with zero attached hydrogens (tertiary/aromatic N) is 2. The van der Waals surface area contributed by atoms with Crippen LogP contribution in [0.3, 0.4) is 0 Å². The molecule has 25 heavy (non-hydrogen) atoms. The Balaban J connectivity index is 1.83. The van der Waals surface area contributed by atoms with E-state index in [9.17, 15) is 5.11 Å². The third-order valence-corrected chi connectivity index (χ3v) is 5.16. The highest BCUT2D eigenvalue weighted by Crippen LogP contribution is 2.17. The van der Waals surface area contributed by atoms with Gasteiger partial charge in [-0.15, -0.1) is 0 Å². The number of rotatable bonds is 16. The molecule has 1 aliphatic heterocycles. The van der Waals surface area contributed by atoms with Gasteiger partial charge in [-0.05, 0) is 45.4 Å². The van der Waals surface area contributed by atoms with Crippen molar-refractivity contribution in [2.75, 3.05) is 6.54 Å². The predicted octanol–water partition coefficient (Wildman–Crippen LogP) is 6.07. The fourth-order valence-corrected chi connectivity index (χ4v) is 3.51. The van der Waals surface area contributed by atoms with Crippen LogP contribution < -0.4 is 0 Å². The van der Waals surface area contributed by atoms with Crippen LogP contribution >= 0.6 is 0 Å². The Morgan fingerprint density at radius 2 is 1.52 bits per heavy atom. The standard InChI is InChI=1S/C22H42N2O/c1-3-4-5-6-7-8-9-10-11-12-13-14-15-16-17-18-22-23-19-20-24(22)21(2)25/h11-12,19,21-22,25H,3-10,13-18,20H2,1-2H3/b12-11+. The summed E-state index contributed by atoms with van der Waals surface area (Å²) in [5.74, 6) is 0. The number of aliphatic imine (C=N–C) groups is 1. The molecular weight excluding hydrogens is 308 g/mol. The first-order valence-electron chi connectivity index (χ1n) is 10.9. The van der Waals surface area contributed by atoms with Crippen molar-refractivity contribution in [3.05, 3.63) is 12.2 Å². The highest BCUT2D eigenvalue weighted by molar-refractivity contribution is 5.62. The van der Waals surface area contributed by atoms with Crippen LogP contribution in [0.1, 0.15) is 104 Å². The number of allylic oxidation sites excluding steroid dienone is 2. The summed E-state index contributed by atoms with van der Waals surface area (Å²) < 4.78 is 0. The molecule has 0 aromatic heterocycles. The van der Waals surface area contributed by atoms with E-state index in [0.717, 1.165) is 13.0 Å². The van der Waals surface area contributed by atoms with Gasteiger partial charge in [0.15, 0.2) is 0 Å². The van der Waals surface area contributed by atoms with Crippen LogP contribution in [0.25, 0.3) is 0 Å². The number of aliphatic hydroxyl groups excluding tert-OH is 1. The van der Waals surface area contributed by atoms with Crippen molar-refractivity contribution < 1.29 is 5.11 Å². The quantitative estimate of drug-likeness (QED) is 0.271. The Morgan fingerprint density at radius 3 is 2.12 bits per heavy atom. The summed E-state index contributed by atoms with van der Waals surface area (Å²) in [5, 5.41) is 9.69. The zero-order valence-corrected chi connectivity index (χ0v) is 16.8. The Bertz CT molecular complexity index is 352. The van der Waals surface area contributed by atoms with Gasteiger partial charge in [-0.2, -0.15) is 0 Å². The van der Waals surface area contributed by atoms with E-state index in [1.807, 2.05) is 13.1 Å². The van der Waals surface area contributed by atoms with E-state index in [1.165, 1.54) is 83.5 Å². The van der Waals surface area contributed by atoms with Crippen LogP contribution in [0.5, 0.6) is 0 Å². The Kier molecular flexibility index (Phi) is 13.9. The first-order valence-corrected chi connectivity index (χ1v) is 10.9. The average molecular weight is 351 g/mol. The molecule has 1 heterocycles. The number of unbranched alkanes of at least 4 members (excludes halogenated alkanes) is 11. The minimum atomic E-state index is -0.381. The molecule has 2 atom stereocenters. The molecule has 1 rings (SSSR count). The minimum absolute atomic E-state index is 0.210. The summed E-state index contributed by atoms with van der Waals surface area (Å²) in [6.45, 7) is 4.91. The second-order valence-corrected chi connectivity index (χ2v) is 7.51. The molecule has 0 aromatic carbocycles. The fourth-order valence-electron chi connectivity index (χ4n) is 3.51. The van der Waals surface area contributed by atoms with Crippen molar-refractivity contribution in [2.24, 2.45) is 4.99 Å². The summed E-state index contributed by atoms with van der Waals surface area (Å²) in [6.07, 6.45) is 25.0. The molecule has 1 aliphatic rings. The van der Waals surface area contributed by atoms with Crippen LogP contribution in [-0.2, 0) is 0 Å². The molecular formula is C22H42N2O. The lowest BCUT2D eigenvalue weighted by Gasteiger charge is -2.25. The lowest BCUT2D eigenvalue weighted by molar-refractivity contribution is 0.00710. The maximum Gasteiger partial charge on any atom is 0.106 e. The molecule has 146 valence electrons. The second kappa shape index (κ2) is 15.6. The smallest absolute Gasteiger partial charge is 0.106 e. The molecule has 2 unspecified atom stereocenters. The van der Waals surface area contributed by atoms with E-state index in [2.05, 4.69) is 29.0 Å². The zero-order valence-electron chi connectivity index (χ0n) is 16.8. The fraction of sp³-hybridized carbons (Fsp3) is 0.864. The van der Waals surface area contributed by atoms with E-state index < -0.39 is 0 Å². The van der Waals surface area contributed by atoms with E-state index in [1.54, 1.807) is 0 Å². The SMILES string of the molecule is CCCCCCCCC/C=C/CCCCCCC1N=CCN1C(C)O. The summed E-state index contributed by atoms with van der Waals surface area (Å²) in [6, 6.07) is 0. The summed E-state index contributed by atoms with van der Waals surface area (Å²) >= 11 is 0. The number of hydrogen-bond donors (Lipinski definition) is 1. The molecule has 0 fully saturated rings. The van der Waals surface area contributed by atoms with Gasteiger partial charge in [0.25, 0.3) is 0 Å². The summed E-state index contributed by atoms with van der Waals surface area (Å²) in [4.78, 5) is 6.53. The molecule has 0 saturated heterocycles. The summed E-state index contributed by atoms with van der Waals surface area (Å²) in [5.41, 5.74) is 0. The average Bonchev–Trinajstić information content (AvgIpc) is 3.07. The van der Waals surface area contributed by atoms with Gasteiger partial charge in [-0.3, -0.25) is 9.89 Å². The van der Waals surface area contributed by atoms with Crippen LogP contribution in [0.15, 0.2) is 17.1 Å².